The van der Waals surface area contributed by atoms with E-state index in [4.69, 9.17) is 10.8 Å². The number of nitrogens with two attached hydrogens (primary N) is 1. The van der Waals surface area contributed by atoms with E-state index in [1.165, 1.54) is 11.8 Å². The third-order valence-corrected chi connectivity index (χ3v) is 3.81. The maximum Gasteiger partial charge on any atom is 0.308 e. The Morgan fingerprint density at radius 3 is 2.72 bits per heavy atom. The van der Waals surface area contributed by atoms with Crippen molar-refractivity contribution in [3.63, 3.8) is 0 Å². The first-order valence-electron chi connectivity index (χ1n) is 5.87. The van der Waals surface area contributed by atoms with Crippen molar-refractivity contribution < 1.29 is 19.5 Å². The summed E-state index contributed by atoms with van der Waals surface area (Å²) in [5.41, 5.74) is 4.98. The Hall–Kier alpha value is -1.24. The highest BCUT2D eigenvalue weighted by atomic mass is 32.2. The molecule has 0 saturated carbocycles. The predicted molar refractivity (Wildman–Crippen MR) is 68.1 cm³/mol. The lowest BCUT2D eigenvalue weighted by Crippen LogP contribution is -2.42. The van der Waals surface area contributed by atoms with Gasteiger partial charge in [0.25, 0.3) is 0 Å². The zero-order valence-electron chi connectivity index (χ0n) is 10.1. The number of primary amides is 1. The Bertz CT molecular complexity index is 335. The number of amides is 2. The summed E-state index contributed by atoms with van der Waals surface area (Å²) in [5.74, 6) is -0.966. The van der Waals surface area contributed by atoms with Gasteiger partial charge in [-0.15, -0.1) is 0 Å². The molecule has 6 nitrogen and oxygen atoms in total. The van der Waals surface area contributed by atoms with E-state index in [1.807, 2.05) is 0 Å². The summed E-state index contributed by atoms with van der Waals surface area (Å²) < 4.78 is 0. The van der Waals surface area contributed by atoms with Gasteiger partial charge < -0.3 is 15.7 Å². The molecule has 0 spiro atoms. The quantitative estimate of drug-likeness (QED) is 0.660. The minimum absolute atomic E-state index is 0.0436. The fraction of sp³-hybridized carbons (Fsp3) is 0.727. The Labute approximate surface area is 110 Å². The summed E-state index contributed by atoms with van der Waals surface area (Å²) in [5, 5.41) is 8.92. The SMILES string of the molecule is NC(=O)CSCCC(=O)N1CCC[C@H](C(=O)O)C1. The van der Waals surface area contributed by atoms with Crippen LogP contribution in [0.15, 0.2) is 0 Å². The maximum atomic E-state index is 11.8. The second-order valence-electron chi connectivity index (χ2n) is 4.29. The molecule has 1 aliphatic heterocycles. The smallest absolute Gasteiger partial charge is 0.308 e. The molecular weight excluding hydrogens is 256 g/mol. The van der Waals surface area contributed by atoms with Crippen LogP contribution in [0.3, 0.4) is 0 Å². The molecule has 1 rings (SSSR count). The molecule has 0 radical (unpaired) electrons. The standard InChI is InChI=1S/C11H18N2O4S/c12-9(14)7-18-5-3-10(15)13-4-1-2-8(6-13)11(16)17/h8H,1-7H2,(H2,12,14)(H,16,17)/t8-/m0/s1. The number of hydrogen-bond acceptors (Lipinski definition) is 4. The zero-order valence-corrected chi connectivity index (χ0v) is 10.9. The van der Waals surface area contributed by atoms with Crippen molar-refractivity contribution >= 4 is 29.5 Å². The van der Waals surface area contributed by atoms with Crippen LogP contribution < -0.4 is 5.73 Å². The van der Waals surface area contributed by atoms with Gasteiger partial charge >= 0.3 is 5.97 Å². The van der Waals surface area contributed by atoms with Gasteiger partial charge in [-0.3, -0.25) is 14.4 Å². The van der Waals surface area contributed by atoms with Gasteiger partial charge in [0.05, 0.1) is 11.7 Å². The Morgan fingerprint density at radius 2 is 2.11 bits per heavy atom. The molecule has 1 atom stereocenters. The van der Waals surface area contributed by atoms with Crippen molar-refractivity contribution in [3.05, 3.63) is 0 Å². The van der Waals surface area contributed by atoms with E-state index in [0.717, 1.165) is 6.42 Å². The number of piperidine rings is 1. The molecule has 0 aromatic carbocycles. The summed E-state index contributed by atoms with van der Waals surface area (Å²) in [6, 6.07) is 0. The minimum atomic E-state index is -0.837. The van der Waals surface area contributed by atoms with E-state index in [-0.39, 0.29) is 11.7 Å². The number of likely N-dealkylation sites (tertiary alicyclic amines) is 1. The lowest BCUT2D eigenvalue weighted by Gasteiger charge is -2.30. The highest BCUT2D eigenvalue weighted by Gasteiger charge is 2.27. The van der Waals surface area contributed by atoms with Crippen LogP contribution in [0.1, 0.15) is 19.3 Å². The molecule has 1 aliphatic rings. The number of rotatable bonds is 6. The fourth-order valence-corrected chi connectivity index (χ4v) is 2.56. The van der Waals surface area contributed by atoms with Gasteiger partial charge in [0.1, 0.15) is 0 Å². The number of aliphatic carboxylic acids is 1. The van der Waals surface area contributed by atoms with E-state index in [2.05, 4.69) is 0 Å². The molecule has 1 saturated heterocycles. The van der Waals surface area contributed by atoms with Gasteiger partial charge in [0.15, 0.2) is 0 Å². The molecule has 0 aliphatic carbocycles. The highest BCUT2D eigenvalue weighted by Crippen LogP contribution is 2.17. The van der Waals surface area contributed by atoms with Crippen LogP contribution in [-0.4, -0.2) is 52.4 Å². The van der Waals surface area contributed by atoms with Crippen molar-refractivity contribution in [1.82, 2.24) is 4.90 Å². The van der Waals surface area contributed by atoms with Crippen LogP contribution in [0.25, 0.3) is 0 Å². The van der Waals surface area contributed by atoms with Gasteiger partial charge in [-0.2, -0.15) is 11.8 Å². The number of hydrogen-bond donors (Lipinski definition) is 2. The number of carbonyl (C=O) groups is 3. The predicted octanol–water partition coefficient (Wildman–Crippen LogP) is -0.0818. The van der Waals surface area contributed by atoms with Gasteiger partial charge in [-0.05, 0) is 12.8 Å². The first-order valence-corrected chi connectivity index (χ1v) is 7.03. The molecule has 1 fully saturated rings. The summed E-state index contributed by atoms with van der Waals surface area (Å²) >= 11 is 1.32. The fourth-order valence-electron chi connectivity index (χ4n) is 1.90. The van der Waals surface area contributed by atoms with Crippen LogP contribution in [0, 0.1) is 5.92 Å². The van der Waals surface area contributed by atoms with E-state index in [0.29, 0.717) is 31.7 Å². The maximum absolute atomic E-state index is 11.8. The average Bonchev–Trinajstić information content (AvgIpc) is 2.34. The summed E-state index contributed by atoms with van der Waals surface area (Å²) in [7, 11) is 0. The van der Waals surface area contributed by atoms with Crippen LogP contribution in [0.4, 0.5) is 0 Å². The summed E-state index contributed by atoms with van der Waals surface area (Å²) in [6.07, 6.45) is 1.69. The Balaban J connectivity index is 2.28. The lowest BCUT2D eigenvalue weighted by atomic mass is 9.98. The Morgan fingerprint density at radius 1 is 1.39 bits per heavy atom. The number of carboxylic acid groups (broad SMARTS) is 1. The van der Waals surface area contributed by atoms with Crippen molar-refractivity contribution in [2.45, 2.75) is 19.3 Å². The van der Waals surface area contributed by atoms with Crippen molar-refractivity contribution in [1.29, 1.82) is 0 Å². The topological polar surface area (TPSA) is 101 Å². The van der Waals surface area contributed by atoms with Crippen LogP contribution in [0.2, 0.25) is 0 Å². The second kappa shape index (κ2) is 7.25. The zero-order chi connectivity index (χ0) is 13.5. The number of carboxylic acids is 1. The molecule has 102 valence electrons. The monoisotopic (exact) mass is 274 g/mol. The van der Waals surface area contributed by atoms with Gasteiger partial charge in [-0.25, -0.2) is 0 Å². The second-order valence-corrected chi connectivity index (χ2v) is 5.39. The number of nitrogens with zero attached hydrogens (tertiary/aromatic N) is 1. The first kappa shape index (κ1) is 14.8. The number of carbonyl (C=O) groups excluding carboxylic acids is 2. The van der Waals surface area contributed by atoms with Crippen LogP contribution in [0.5, 0.6) is 0 Å². The molecule has 0 unspecified atom stereocenters. The van der Waals surface area contributed by atoms with Gasteiger partial charge in [0, 0.05) is 25.3 Å². The molecule has 0 aromatic rings. The molecule has 3 N–H and O–H groups in total. The molecule has 0 bridgehead atoms. The van der Waals surface area contributed by atoms with E-state index < -0.39 is 17.8 Å². The normalized spacial score (nSPS) is 19.6. The molecule has 2 amide bonds. The van der Waals surface area contributed by atoms with Crippen LogP contribution in [-0.2, 0) is 14.4 Å². The van der Waals surface area contributed by atoms with Crippen LogP contribution >= 0.6 is 11.8 Å². The van der Waals surface area contributed by atoms with E-state index in [9.17, 15) is 14.4 Å². The summed E-state index contributed by atoms with van der Waals surface area (Å²) in [4.78, 5) is 34.8. The molecular formula is C11H18N2O4S. The summed E-state index contributed by atoms with van der Waals surface area (Å²) in [6.45, 7) is 0.928. The first-order chi connectivity index (χ1) is 8.50. The van der Waals surface area contributed by atoms with E-state index in [1.54, 1.807) is 4.90 Å². The average molecular weight is 274 g/mol. The minimum Gasteiger partial charge on any atom is -0.481 e. The Kier molecular flexibility index (Phi) is 5.97. The molecule has 18 heavy (non-hydrogen) atoms. The molecule has 1 heterocycles. The third-order valence-electron chi connectivity index (χ3n) is 2.83. The van der Waals surface area contributed by atoms with Crippen molar-refractivity contribution in [2.24, 2.45) is 11.7 Å². The van der Waals surface area contributed by atoms with Crippen molar-refractivity contribution in [2.75, 3.05) is 24.6 Å². The van der Waals surface area contributed by atoms with Crippen molar-refractivity contribution in [3.8, 4) is 0 Å². The highest BCUT2D eigenvalue weighted by molar-refractivity contribution is 7.99. The third kappa shape index (κ3) is 4.95. The largest absolute Gasteiger partial charge is 0.481 e. The molecule has 7 heteroatoms. The molecule has 0 aromatic heterocycles. The number of thioether (sulfide) groups is 1. The van der Waals surface area contributed by atoms with E-state index >= 15 is 0 Å². The lowest BCUT2D eigenvalue weighted by molar-refractivity contribution is -0.145. The van der Waals surface area contributed by atoms with Gasteiger partial charge in [0.2, 0.25) is 11.8 Å². The van der Waals surface area contributed by atoms with Gasteiger partial charge in [-0.1, -0.05) is 0 Å².